The van der Waals surface area contributed by atoms with E-state index in [0.717, 1.165) is 43.8 Å². The van der Waals surface area contributed by atoms with Crippen molar-refractivity contribution in [3.05, 3.63) is 0 Å². The highest BCUT2D eigenvalue weighted by atomic mass is 32.2. The van der Waals surface area contributed by atoms with Crippen LogP contribution >= 0.6 is 0 Å². The van der Waals surface area contributed by atoms with Crippen molar-refractivity contribution in [2.24, 2.45) is 0 Å². The van der Waals surface area contributed by atoms with Crippen molar-refractivity contribution >= 4 is 16.0 Å². The summed E-state index contributed by atoms with van der Waals surface area (Å²) in [7, 11) is 0.581. The summed E-state index contributed by atoms with van der Waals surface area (Å²) in [6.45, 7) is 9.04. The highest BCUT2D eigenvalue weighted by Crippen LogP contribution is 2.15. The molecule has 0 radical (unpaired) electrons. The molecule has 0 aliphatic rings. The predicted octanol–water partition coefficient (Wildman–Crippen LogP) is 11.9. The van der Waals surface area contributed by atoms with Gasteiger partial charge < -0.3 is 19.1 Å². The van der Waals surface area contributed by atoms with E-state index in [1.165, 1.54) is 193 Å². The van der Waals surface area contributed by atoms with Gasteiger partial charge in [0, 0.05) is 19.3 Å². The molecule has 51 heavy (non-hydrogen) atoms. The molecule has 0 unspecified atom stereocenters. The lowest BCUT2D eigenvalue weighted by Crippen LogP contribution is -2.47. The van der Waals surface area contributed by atoms with Crippen LogP contribution in [-0.2, 0) is 19.6 Å². The maximum atomic E-state index is 12.3. The van der Waals surface area contributed by atoms with Crippen LogP contribution in [0.15, 0.2) is 0 Å². The van der Waals surface area contributed by atoms with Gasteiger partial charge in [0.15, 0.2) is 0 Å². The molecule has 0 aliphatic carbocycles. The Bertz CT molecular complexity index is 798. The molecule has 0 saturated carbocycles. The Hall–Kier alpha value is -0.700. The van der Waals surface area contributed by atoms with E-state index in [0.29, 0.717) is 12.7 Å². The molecule has 0 fully saturated rings. The van der Waals surface area contributed by atoms with E-state index in [-0.39, 0.29) is 5.91 Å². The zero-order valence-electron chi connectivity index (χ0n) is 35.1. The molecule has 308 valence electrons. The average Bonchev–Trinajstić information content (AvgIpc) is 3.06. The molecule has 0 saturated heterocycles. The third-order valence-electron chi connectivity index (χ3n) is 10.0. The smallest absolute Gasteiger partial charge is 0.220 e. The monoisotopic (exact) mass is 747 g/mol. The van der Waals surface area contributed by atoms with Gasteiger partial charge in [-0.15, -0.1) is 0 Å². The molecule has 0 aromatic carbocycles. The number of carbonyl (C=O) groups is 1. The van der Waals surface area contributed by atoms with Crippen LogP contribution < -0.4 is 5.32 Å². The molecule has 0 aromatic rings. The highest BCUT2D eigenvalue weighted by Gasteiger charge is 2.15. The Kier molecular flexibility index (Phi) is 41.6. The van der Waals surface area contributed by atoms with E-state index in [1.807, 2.05) is 0 Å². The maximum absolute atomic E-state index is 12.3. The largest absolute Gasteiger partial charge is 0.748 e. The molecule has 8 heteroatoms. The van der Waals surface area contributed by atoms with E-state index in [9.17, 15) is 4.79 Å². The molecule has 0 rings (SSSR count). The second-order valence-corrected chi connectivity index (χ2v) is 17.5. The lowest BCUT2D eigenvalue weighted by Gasteiger charge is -2.29. The number of hydrogen-bond acceptors (Lipinski definition) is 5. The van der Waals surface area contributed by atoms with Gasteiger partial charge in [0.25, 0.3) is 0 Å². The van der Waals surface area contributed by atoms with Gasteiger partial charge in [-0.2, -0.15) is 0 Å². The average molecular weight is 747 g/mol. The Morgan fingerprint density at radius 2 is 0.804 bits per heavy atom. The van der Waals surface area contributed by atoms with Crippen LogP contribution in [0.2, 0.25) is 0 Å². The summed E-state index contributed by atoms with van der Waals surface area (Å²) in [5.41, 5.74) is 0. The summed E-state index contributed by atoms with van der Waals surface area (Å²) in [6, 6.07) is 0. The van der Waals surface area contributed by atoms with Crippen LogP contribution in [-0.4, -0.2) is 76.6 Å². The number of likely N-dealkylation sites (N-methyl/N-ethyl adjacent to an activating group) is 1. The van der Waals surface area contributed by atoms with Gasteiger partial charge in [-0.3, -0.25) is 4.79 Å². The van der Waals surface area contributed by atoms with Crippen molar-refractivity contribution in [3.63, 3.8) is 0 Å². The van der Waals surface area contributed by atoms with Crippen LogP contribution in [0.5, 0.6) is 0 Å². The van der Waals surface area contributed by atoms with Crippen LogP contribution in [0.1, 0.15) is 219 Å². The van der Waals surface area contributed by atoms with Crippen molar-refractivity contribution in [3.8, 4) is 0 Å². The van der Waals surface area contributed by atoms with Crippen LogP contribution in [0.4, 0.5) is 0 Å². The van der Waals surface area contributed by atoms with Gasteiger partial charge >= 0.3 is 0 Å². The summed E-state index contributed by atoms with van der Waals surface area (Å²) in [6.07, 6.45) is 44.2. The Balaban J connectivity index is 0. The van der Waals surface area contributed by atoms with Crippen molar-refractivity contribution < 1.29 is 27.0 Å². The number of nitrogens with zero attached hydrogens (tertiary/aromatic N) is 1. The Labute approximate surface area is 319 Å². The lowest BCUT2D eigenvalue weighted by molar-refractivity contribution is -0.889. The molecule has 0 atom stereocenters. The second kappa shape index (κ2) is 40.5. The molecule has 0 heterocycles. The Morgan fingerprint density at radius 1 is 0.510 bits per heavy atom. The van der Waals surface area contributed by atoms with E-state index in [4.69, 9.17) is 17.7 Å². The summed E-state index contributed by atoms with van der Waals surface area (Å²) >= 11 is 0. The molecular weight excluding hydrogens is 657 g/mol. The van der Waals surface area contributed by atoms with E-state index in [1.54, 1.807) is 0 Å². The molecular formula is C43H90N2O5S. The number of nitrogens with one attached hydrogen (secondary N) is 1. The second-order valence-electron chi connectivity index (χ2n) is 16.1. The van der Waals surface area contributed by atoms with E-state index < -0.39 is 10.1 Å². The molecule has 0 spiro atoms. The van der Waals surface area contributed by atoms with E-state index in [2.05, 4.69) is 33.3 Å². The van der Waals surface area contributed by atoms with Crippen molar-refractivity contribution in [2.45, 2.75) is 219 Å². The third-order valence-corrected chi connectivity index (χ3v) is 10.0. The fourth-order valence-electron chi connectivity index (χ4n) is 6.52. The minimum atomic E-state index is -3.92. The van der Waals surface area contributed by atoms with Crippen molar-refractivity contribution in [2.75, 3.05) is 53.2 Å². The summed E-state index contributed by atoms with van der Waals surface area (Å²) in [4.78, 5) is 12.3. The summed E-state index contributed by atoms with van der Waals surface area (Å²) < 4.78 is 34.1. The molecule has 0 bridgehead atoms. The number of ether oxygens (including phenoxy) is 1. The number of rotatable bonds is 39. The predicted molar refractivity (Wildman–Crippen MR) is 220 cm³/mol. The Morgan fingerprint density at radius 3 is 1.14 bits per heavy atom. The molecule has 7 nitrogen and oxygen atoms in total. The maximum Gasteiger partial charge on any atom is 0.220 e. The quantitative estimate of drug-likeness (QED) is 0.0384. The van der Waals surface area contributed by atoms with Gasteiger partial charge in [0.2, 0.25) is 5.91 Å². The van der Waals surface area contributed by atoms with Gasteiger partial charge in [-0.25, -0.2) is 8.42 Å². The lowest BCUT2D eigenvalue weighted by atomic mass is 10.0. The SMILES string of the molecule is CCCCCCCCCCCCCCCCCCOCC[N+](C)(C)CCNC(=O)CCCCCCCCCCCCCCCCC.CS(=O)(=O)[O-]. The number of carbonyl (C=O) groups excluding carboxylic acids is 1. The standard InChI is InChI=1S/C42H86N2O2.CH4O3S/c1-5-7-9-11-13-15-17-19-21-23-25-27-29-31-33-35-40-46-41-39-44(3,4)38-37-43-42(45)36-34-32-30-28-26-24-22-20-18-16-14-12-10-8-6-2;1-5(2,3)4/h5-41H2,1-4H3;1H3,(H,2,3,4). The van der Waals surface area contributed by atoms with E-state index >= 15 is 0 Å². The normalized spacial score (nSPS) is 11.8. The summed E-state index contributed by atoms with van der Waals surface area (Å²) in [5.74, 6) is 0.231. The topological polar surface area (TPSA) is 95.5 Å². The number of quaternary nitrogens is 1. The number of amides is 1. The minimum absolute atomic E-state index is 0.231. The van der Waals surface area contributed by atoms with Crippen LogP contribution in [0.25, 0.3) is 0 Å². The summed E-state index contributed by atoms with van der Waals surface area (Å²) in [5, 5.41) is 3.15. The molecule has 0 aliphatic heterocycles. The molecule has 1 amide bonds. The first-order valence-electron chi connectivity index (χ1n) is 22.1. The number of hydrogen-bond donors (Lipinski definition) is 1. The number of unbranched alkanes of at least 4 members (excludes halogenated alkanes) is 29. The van der Waals surface area contributed by atoms with Gasteiger partial charge in [-0.05, 0) is 12.8 Å². The molecule has 0 aromatic heterocycles. The van der Waals surface area contributed by atoms with Crippen molar-refractivity contribution in [1.82, 2.24) is 5.32 Å². The fourth-order valence-corrected chi connectivity index (χ4v) is 6.52. The van der Waals surface area contributed by atoms with Gasteiger partial charge in [0.1, 0.15) is 6.54 Å². The zero-order valence-corrected chi connectivity index (χ0v) is 35.9. The highest BCUT2D eigenvalue weighted by molar-refractivity contribution is 7.84. The first-order valence-corrected chi connectivity index (χ1v) is 23.9. The van der Waals surface area contributed by atoms with Crippen molar-refractivity contribution in [1.29, 1.82) is 0 Å². The fraction of sp³-hybridized carbons (Fsp3) is 0.977. The van der Waals surface area contributed by atoms with Gasteiger partial charge in [-0.1, -0.05) is 200 Å². The third kappa shape index (κ3) is 53.7. The van der Waals surface area contributed by atoms with Crippen LogP contribution in [0.3, 0.4) is 0 Å². The zero-order chi connectivity index (χ0) is 38.2. The van der Waals surface area contributed by atoms with Crippen LogP contribution in [0, 0.1) is 0 Å². The minimum Gasteiger partial charge on any atom is -0.748 e. The first kappa shape index (κ1) is 52.4. The van der Waals surface area contributed by atoms with Gasteiger partial charge in [0.05, 0.1) is 43.9 Å². The molecule has 1 N–H and O–H groups in total. The first-order chi connectivity index (χ1) is 24.5.